The minimum absolute atomic E-state index is 0.0162. The summed E-state index contributed by atoms with van der Waals surface area (Å²) in [5, 5.41) is 0. The Labute approximate surface area is 86.0 Å². The molecule has 0 bridgehead atoms. The second kappa shape index (κ2) is 3.71. The standard InChI is InChI=1S/C12H17Cl/c1-4-11(2)6-5-7-12(3,10-13)9-8-11/h4-5,7-9H,1,6,10H2,2-3H3. The van der Waals surface area contributed by atoms with Crippen LogP contribution in [-0.2, 0) is 0 Å². The fourth-order valence-corrected chi connectivity index (χ4v) is 1.51. The summed E-state index contributed by atoms with van der Waals surface area (Å²) >= 11 is 5.90. The summed E-state index contributed by atoms with van der Waals surface area (Å²) in [5.41, 5.74) is 0.114. The molecule has 0 fully saturated rings. The average molecular weight is 197 g/mol. The third-order valence-corrected chi connectivity index (χ3v) is 3.23. The third kappa shape index (κ3) is 2.47. The Morgan fingerprint density at radius 3 is 2.62 bits per heavy atom. The molecule has 0 aromatic rings. The zero-order chi connectivity index (χ0) is 9.95. The summed E-state index contributed by atoms with van der Waals surface area (Å²) < 4.78 is 0. The molecule has 1 rings (SSSR count). The molecule has 0 saturated carbocycles. The van der Waals surface area contributed by atoms with Crippen LogP contribution in [0.3, 0.4) is 0 Å². The smallest absolute Gasteiger partial charge is 0.0346 e. The van der Waals surface area contributed by atoms with Gasteiger partial charge in [-0.05, 0) is 6.42 Å². The van der Waals surface area contributed by atoms with E-state index in [1.54, 1.807) is 0 Å². The Balaban J connectivity index is 2.93. The lowest BCUT2D eigenvalue weighted by Gasteiger charge is -2.19. The van der Waals surface area contributed by atoms with E-state index in [1.807, 2.05) is 6.08 Å². The van der Waals surface area contributed by atoms with Crippen LogP contribution in [0, 0.1) is 10.8 Å². The van der Waals surface area contributed by atoms with Crippen LogP contribution in [0.5, 0.6) is 0 Å². The van der Waals surface area contributed by atoms with Crippen molar-refractivity contribution in [3.8, 4) is 0 Å². The topological polar surface area (TPSA) is 0 Å². The number of rotatable bonds is 2. The highest BCUT2D eigenvalue weighted by atomic mass is 35.5. The second-order valence-corrected chi connectivity index (χ2v) is 4.56. The van der Waals surface area contributed by atoms with Gasteiger partial charge in [-0.1, -0.05) is 44.2 Å². The van der Waals surface area contributed by atoms with Crippen molar-refractivity contribution in [1.29, 1.82) is 0 Å². The van der Waals surface area contributed by atoms with E-state index in [1.165, 1.54) is 0 Å². The molecule has 1 aliphatic carbocycles. The summed E-state index contributed by atoms with van der Waals surface area (Å²) in [6.45, 7) is 8.18. The average Bonchev–Trinajstić information content (AvgIpc) is 2.29. The van der Waals surface area contributed by atoms with E-state index in [9.17, 15) is 0 Å². The van der Waals surface area contributed by atoms with Gasteiger partial charge in [0.25, 0.3) is 0 Å². The van der Waals surface area contributed by atoms with Crippen molar-refractivity contribution < 1.29 is 0 Å². The Morgan fingerprint density at radius 2 is 2.08 bits per heavy atom. The van der Waals surface area contributed by atoms with Crippen molar-refractivity contribution in [3.05, 3.63) is 37.0 Å². The van der Waals surface area contributed by atoms with Gasteiger partial charge in [-0.3, -0.25) is 0 Å². The second-order valence-electron chi connectivity index (χ2n) is 4.29. The molecule has 1 aliphatic rings. The van der Waals surface area contributed by atoms with Crippen molar-refractivity contribution in [3.63, 3.8) is 0 Å². The highest BCUT2D eigenvalue weighted by Gasteiger charge is 2.23. The van der Waals surface area contributed by atoms with Gasteiger partial charge in [-0.15, -0.1) is 18.2 Å². The molecular weight excluding hydrogens is 180 g/mol. The fraction of sp³-hybridized carbons (Fsp3) is 0.500. The molecule has 0 N–H and O–H groups in total. The van der Waals surface area contributed by atoms with Crippen molar-refractivity contribution >= 4 is 11.6 Å². The quantitative estimate of drug-likeness (QED) is 0.464. The first-order chi connectivity index (χ1) is 6.04. The molecule has 0 radical (unpaired) electrons. The molecule has 0 aromatic carbocycles. The SMILES string of the molecule is C=CC1(C)C=CC(C)(CCl)C=CC1. The number of hydrogen-bond acceptors (Lipinski definition) is 0. The van der Waals surface area contributed by atoms with Crippen LogP contribution in [0.25, 0.3) is 0 Å². The van der Waals surface area contributed by atoms with E-state index < -0.39 is 0 Å². The first-order valence-corrected chi connectivity index (χ1v) is 5.15. The summed E-state index contributed by atoms with van der Waals surface area (Å²) in [6, 6.07) is 0. The van der Waals surface area contributed by atoms with E-state index in [0.717, 1.165) is 6.42 Å². The number of alkyl halides is 1. The molecule has 0 amide bonds. The van der Waals surface area contributed by atoms with Crippen molar-refractivity contribution in [2.45, 2.75) is 20.3 Å². The Morgan fingerprint density at radius 1 is 1.38 bits per heavy atom. The van der Waals surface area contributed by atoms with Crippen LogP contribution in [0.4, 0.5) is 0 Å². The van der Waals surface area contributed by atoms with E-state index in [4.69, 9.17) is 11.6 Å². The van der Waals surface area contributed by atoms with Crippen molar-refractivity contribution in [2.75, 3.05) is 5.88 Å². The summed E-state index contributed by atoms with van der Waals surface area (Å²) in [5.74, 6) is 0.632. The highest BCUT2D eigenvalue weighted by molar-refractivity contribution is 6.18. The molecule has 13 heavy (non-hydrogen) atoms. The van der Waals surface area contributed by atoms with Gasteiger partial charge >= 0.3 is 0 Å². The third-order valence-electron chi connectivity index (χ3n) is 2.66. The van der Waals surface area contributed by atoms with Gasteiger partial charge in [0.2, 0.25) is 0 Å². The molecule has 72 valence electrons. The van der Waals surface area contributed by atoms with Crippen LogP contribution in [0.1, 0.15) is 20.3 Å². The summed E-state index contributed by atoms with van der Waals surface area (Å²) in [7, 11) is 0. The Kier molecular flexibility index (Phi) is 3.02. The fourth-order valence-electron chi connectivity index (χ4n) is 1.33. The van der Waals surface area contributed by atoms with Crippen LogP contribution < -0.4 is 0 Å². The van der Waals surface area contributed by atoms with Gasteiger partial charge < -0.3 is 0 Å². The molecule has 2 atom stereocenters. The van der Waals surface area contributed by atoms with Crippen LogP contribution >= 0.6 is 11.6 Å². The van der Waals surface area contributed by atoms with Gasteiger partial charge in [-0.2, -0.15) is 0 Å². The molecule has 0 aromatic heterocycles. The summed E-state index contributed by atoms with van der Waals surface area (Å²) in [6.07, 6.45) is 11.8. The number of allylic oxidation sites excluding steroid dienone is 5. The number of hydrogen-bond donors (Lipinski definition) is 0. The van der Waals surface area contributed by atoms with E-state index in [-0.39, 0.29) is 10.8 Å². The molecule has 0 spiro atoms. The zero-order valence-electron chi connectivity index (χ0n) is 8.39. The maximum atomic E-state index is 5.90. The lowest BCUT2D eigenvalue weighted by Crippen LogP contribution is -2.11. The molecule has 0 saturated heterocycles. The molecule has 0 nitrogen and oxygen atoms in total. The van der Waals surface area contributed by atoms with E-state index in [2.05, 4.69) is 44.7 Å². The van der Waals surface area contributed by atoms with Gasteiger partial charge in [0.15, 0.2) is 0 Å². The Hall–Kier alpha value is -0.490. The molecular formula is C12H17Cl. The van der Waals surface area contributed by atoms with Gasteiger partial charge in [-0.25, -0.2) is 0 Å². The van der Waals surface area contributed by atoms with Crippen molar-refractivity contribution in [1.82, 2.24) is 0 Å². The molecule has 0 aliphatic heterocycles. The van der Waals surface area contributed by atoms with E-state index in [0.29, 0.717) is 5.88 Å². The summed E-state index contributed by atoms with van der Waals surface area (Å²) in [4.78, 5) is 0. The van der Waals surface area contributed by atoms with Crippen LogP contribution in [-0.4, -0.2) is 5.88 Å². The molecule has 1 heteroatoms. The molecule has 0 heterocycles. The lowest BCUT2D eigenvalue weighted by atomic mass is 9.86. The maximum Gasteiger partial charge on any atom is 0.0346 e. The van der Waals surface area contributed by atoms with Crippen LogP contribution in [0.15, 0.2) is 37.0 Å². The minimum Gasteiger partial charge on any atom is -0.125 e. The largest absolute Gasteiger partial charge is 0.125 e. The predicted molar refractivity (Wildman–Crippen MR) is 60.0 cm³/mol. The zero-order valence-corrected chi connectivity index (χ0v) is 9.14. The van der Waals surface area contributed by atoms with Gasteiger partial charge in [0.1, 0.15) is 0 Å². The monoisotopic (exact) mass is 196 g/mol. The first kappa shape index (κ1) is 10.6. The van der Waals surface area contributed by atoms with Crippen LogP contribution in [0.2, 0.25) is 0 Å². The van der Waals surface area contributed by atoms with Gasteiger partial charge in [0.05, 0.1) is 0 Å². The minimum atomic E-state index is 0.0162. The Bertz CT molecular complexity index is 252. The van der Waals surface area contributed by atoms with Crippen molar-refractivity contribution in [2.24, 2.45) is 10.8 Å². The maximum absolute atomic E-state index is 5.90. The lowest BCUT2D eigenvalue weighted by molar-refractivity contribution is 0.562. The predicted octanol–water partition coefficient (Wildman–Crippen LogP) is 3.94. The molecule has 2 unspecified atom stereocenters. The highest BCUT2D eigenvalue weighted by Crippen LogP contribution is 2.33. The number of halogens is 1. The van der Waals surface area contributed by atoms with Gasteiger partial charge in [0, 0.05) is 16.7 Å². The first-order valence-electron chi connectivity index (χ1n) is 4.61. The normalized spacial score (nSPS) is 38.7. The van der Waals surface area contributed by atoms with E-state index >= 15 is 0 Å².